The molecule has 3 nitrogen and oxygen atoms in total. The minimum Gasteiger partial charge on any atom is -0.748 e. The molecule has 13 heavy (non-hydrogen) atoms. The summed E-state index contributed by atoms with van der Waals surface area (Å²) in [5.74, 6) is 0. The van der Waals surface area contributed by atoms with Crippen molar-refractivity contribution in [2.75, 3.05) is 0 Å². The third-order valence-corrected chi connectivity index (χ3v) is 6.60. The van der Waals surface area contributed by atoms with E-state index in [2.05, 4.69) is 0 Å². The second-order valence-electron chi connectivity index (χ2n) is 3.20. The van der Waals surface area contributed by atoms with E-state index in [4.69, 9.17) is 0 Å². The van der Waals surface area contributed by atoms with E-state index in [0.29, 0.717) is 6.42 Å². The summed E-state index contributed by atoms with van der Waals surface area (Å²) in [4.78, 5) is -0.595. The van der Waals surface area contributed by atoms with Crippen molar-refractivity contribution in [1.29, 1.82) is 0 Å². The Labute approximate surface area is 105 Å². The Hall–Kier alpha value is 1.13. The van der Waals surface area contributed by atoms with Crippen LogP contribution in [-0.2, 0) is 10.1 Å². The van der Waals surface area contributed by atoms with Crippen molar-refractivity contribution in [2.45, 2.75) is 44.2 Å². The Morgan fingerprint density at radius 3 is 2.08 bits per heavy atom. The molecular weight excluding hydrogens is 215 g/mol. The first-order valence-corrected chi connectivity index (χ1v) is 8.19. The fourth-order valence-electron chi connectivity index (χ4n) is 1.11. The van der Waals surface area contributed by atoms with Gasteiger partial charge in [-0.05, 0) is 6.42 Å². The van der Waals surface area contributed by atoms with Crippen molar-refractivity contribution < 1.29 is 42.5 Å². The van der Waals surface area contributed by atoms with Crippen LogP contribution in [0.2, 0.25) is 13.1 Å². The van der Waals surface area contributed by atoms with Crippen LogP contribution in [0, 0.1) is 0 Å². The molecule has 0 heterocycles. The molecule has 0 aliphatic heterocycles. The van der Waals surface area contributed by atoms with Gasteiger partial charge in [-0.15, -0.1) is 0 Å². The van der Waals surface area contributed by atoms with Crippen LogP contribution in [0.3, 0.4) is 0 Å². The second kappa shape index (κ2) is 7.42. The molecule has 0 aromatic heterocycles. The molecule has 0 saturated carbocycles. The van der Waals surface area contributed by atoms with E-state index in [1.807, 2.05) is 20.0 Å². The van der Waals surface area contributed by atoms with E-state index in [1.54, 1.807) is 0 Å². The predicted molar refractivity (Wildman–Crippen MR) is 50.5 cm³/mol. The van der Waals surface area contributed by atoms with Crippen LogP contribution in [0.1, 0.15) is 26.2 Å². The van der Waals surface area contributed by atoms with Crippen LogP contribution in [-0.4, -0.2) is 26.6 Å². The van der Waals surface area contributed by atoms with Gasteiger partial charge in [-0.3, -0.25) is 0 Å². The fourth-order valence-corrected chi connectivity index (χ4v) is 4.66. The van der Waals surface area contributed by atoms with Gasteiger partial charge >= 0.3 is 29.6 Å². The van der Waals surface area contributed by atoms with E-state index in [9.17, 15) is 13.0 Å². The van der Waals surface area contributed by atoms with Gasteiger partial charge in [0, 0.05) is 4.87 Å². The summed E-state index contributed by atoms with van der Waals surface area (Å²) < 4.78 is 32.2. The van der Waals surface area contributed by atoms with Crippen molar-refractivity contribution in [1.82, 2.24) is 0 Å². The van der Waals surface area contributed by atoms with Crippen molar-refractivity contribution in [2.24, 2.45) is 0 Å². The maximum atomic E-state index is 10.7. The minimum absolute atomic E-state index is 0. The van der Waals surface area contributed by atoms with Gasteiger partial charge in [-0.2, -0.15) is 0 Å². The van der Waals surface area contributed by atoms with Crippen molar-refractivity contribution in [3.05, 3.63) is 0 Å². The third kappa shape index (κ3) is 7.10. The van der Waals surface area contributed by atoms with Crippen LogP contribution >= 0.6 is 0 Å². The van der Waals surface area contributed by atoms with E-state index < -0.39 is 23.8 Å². The zero-order valence-electron chi connectivity index (χ0n) is 8.83. The molecule has 0 saturated heterocycles. The van der Waals surface area contributed by atoms with Crippen LogP contribution in [0.15, 0.2) is 0 Å². The van der Waals surface area contributed by atoms with Crippen LogP contribution < -0.4 is 29.6 Å². The number of unbranched alkanes of at least 4 members (excludes halogenated alkanes) is 1. The standard InChI is InChI=1S/C7H17O3SSi.Na/c1-4-5-6-7(12(2)3)11(8,9)10;/h7H,4-6H2,1-3H3,(H,8,9,10);/q;+1/p-1. The smallest absolute Gasteiger partial charge is 0.748 e. The Morgan fingerprint density at radius 2 is 1.85 bits per heavy atom. The molecule has 6 heteroatoms. The van der Waals surface area contributed by atoms with Crippen molar-refractivity contribution in [3.8, 4) is 0 Å². The predicted octanol–water partition coefficient (Wildman–Crippen LogP) is -1.61. The summed E-state index contributed by atoms with van der Waals surface area (Å²) in [6, 6.07) is 0. The van der Waals surface area contributed by atoms with Gasteiger partial charge in [0.05, 0.1) is 18.9 Å². The van der Waals surface area contributed by atoms with E-state index in [1.165, 1.54) is 0 Å². The summed E-state index contributed by atoms with van der Waals surface area (Å²) in [5.41, 5.74) is 0. The summed E-state index contributed by atoms with van der Waals surface area (Å²) >= 11 is 0. The molecule has 0 aliphatic carbocycles. The molecule has 1 radical (unpaired) electrons. The molecule has 0 aromatic rings. The molecule has 0 rings (SSSR count). The fraction of sp³-hybridized carbons (Fsp3) is 1.00. The van der Waals surface area contributed by atoms with Gasteiger partial charge in [-0.25, -0.2) is 8.42 Å². The zero-order chi connectivity index (χ0) is 9.78. The second-order valence-corrected chi connectivity index (χ2v) is 8.03. The van der Waals surface area contributed by atoms with Gasteiger partial charge in [0.2, 0.25) is 0 Å². The maximum Gasteiger partial charge on any atom is 1.00 e. The quantitative estimate of drug-likeness (QED) is 0.422. The molecule has 0 spiro atoms. The van der Waals surface area contributed by atoms with E-state index >= 15 is 0 Å². The van der Waals surface area contributed by atoms with E-state index in [-0.39, 0.29) is 29.6 Å². The molecule has 0 aliphatic rings. The molecule has 1 unspecified atom stereocenters. The van der Waals surface area contributed by atoms with Crippen LogP contribution in [0.25, 0.3) is 0 Å². The summed E-state index contributed by atoms with van der Waals surface area (Å²) in [6.07, 6.45) is 2.33. The first-order chi connectivity index (χ1) is 5.39. The van der Waals surface area contributed by atoms with Gasteiger partial charge in [0.15, 0.2) is 0 Å². The third-order valence-electron chi connectivity index (χ3n) is 1.81. The molecule has 0 bridgehead atoms. The number of rotatable bonds is 5. The van der Waals surface area contributed by atoms with E-state index in [0.717, 1.165) is 12.8 Å². The van der Waals surface area contributed by atoms with Crippen LogP contribution in [0.5, 0.6) is 0 Å². The topological polar surface area (TPSA) is 57.2 Å². The molecule has 0 fully saturated rings. The first kappa shape index (κ1) is 16.6. The summed E-state index contributed by atoms with van der Waals surface area (Å²) in [7, 11) is -5.04. The molecule has 1 atom stereocenters. The molecule has 0 N–H and O–H groups in total. The van der Waals surface area contributed by atoms with Crippen molar-refractivity contribution >= 4 is 18.9 Å². The summed E-state index contributed by atoms with van der Waals surface area (Å²) in [5, 5.41) is 0. The monoisotopic (exact) mass is 231 g/mol. The molecule has 73 valence electrons. The minimum atomic E-state index is -4.04. The number of hydrogen-bond donors (Lipinski definition) is 0. The Balaban J connectivity index is 0. The number of hydrogen-bond acceptors (Lipinski definition) is 3. The van der Waals surface area contributed by atoms with Gasteiger partial charge in [0.25, 0.3) is 0 Å². The van der Waals surface area contributed by atoms with Gasteiger partial charge < -0.3 is 4.55 Å². The average Bonchev–Trinajstić information content (AvgIpc) is 1.84. The first-order valence-electron chi connectivity index (χ1n) is 4.14. The largest absolute Gasteiger partial charge is 1.00 e. The normalized spacial score (nSPS) is 13.9. The molecular formula is C7H16NaO3SSi. The van der Waals surface area contributed by atoms with Gasteiger partial charge in [0.1, 0.15) is 0 Å². The zero-order valence-corrected chi connectivity index (χ0v) is 12.6. The van der Waals surface area contributed by atoms with Gasteiger partial charge in [-0.1, -0.05) is 32.9 Å². The Bertz CT molecular complexity index is 216. The van der Waals surface area contributed by atoms with Crippen LogP contribution in [0.4, 0.5) is 0 Å². The maximum absolute atomic E-state index is 10.7. The SMILES string of the molecule is CCCCC([Si](C)C)S(=O)(=O)[O-].[Na+]. The Morgan fingerprint density at radius 1 is 1.38 bits per heavy atom. The summed E-state index contributed by atoms with van der Waals surface area (Å²) in [6.45, 7) is 5.74. The van der Waals surface area contributed by atoms with Crippen molar-refractivity contribution in [3.63, 3.8) is 0 Å². The molecule has 0 amide bonds. The molecule has 0 aromatic carbocycles. The Kier molecular flexibility index (Phi) is 9.45. The average molecular weight is 231 g/mol.